The number of carbonyl (C=O) groups excluding carboxylic acids is 3. The summed E-state index contributed by atoms with van der Waals surface area (Å²) in [5, 5.41) is 21.0. The Morgan fingerprint density at radius 1 is 1.03 bits per heavy atom. The average Bonchev–Trinajstić information content (AvgIpc) is 3.34. The van der Waals surface area contributed by atoms with Gasteiger partial charge in [0.05, 0.1) is 11.3 Å². The van der Waals surface area contributed by atoms with Crippen LogP contribution in [0.2, 0.25) is 0 Å². The number of ether oxygens (including phenoxy) is 1. The number of aromatic nitrogens is 2. The second-order valence-electron chi connectivity index (χ2n) is 7.27. The van der Waals surface area contributed by atoms with Crippen LogP contribution in [0.5, 0.6) is 0 Å². The highest BCUT2D eigenvalue weighted by atomic mass is 16.6. The zero-order valence-corrected chi connectivity index (χ0v) is 18.3. The molecular weight excluding hydrogens is 444 g/mol. The van der Waals surface area contributed by atoms with E-state index in [1.807, 2.05) is 0 Å². The summed E-state index contributed by atoms with van der Waals surface area (Å²) in [6.07, 6.45) is -0.810. The first-order valence-corrected chi connectivity index (χ1v) is 10.5. The fourth-order valence-corrected chi connectivity index (χ4v) is 2.94. The molecule has 1 aromatic heterocycles. The van der Waals surface area contributed by atoms with Crippen molar-refractivity contribution in [1.29, 1.82) is 0 Å². The number of hydrogen-bond acceptors (Lipinski definition) is 9. The molecule has 0 aliphatic carbocycles. The van der Waals surface area contributed by atoms with Gasteiger partial charge in [-0.1, -0.05) is 30.3 Å². The van der Waals surface area contributed by atoms with E-state index >= 15 is 0 Å². The van der Waals surface area contributed by atoms with Crippen molar-refractivity contribution in [2.75, 3.05) is 6.54 Å². The number of nitrogens with zero attached hydrogens (tertiary/aromatic N) is 3. The maximum atomic E-state index is 12.1. The lowest BCUT2D eigenvalue weighted by Gasteiger charge is -2.10. The van der Waals surface area contributed by atoms with Gasteiger partial charge >= 0.3 is 5.97 Å². The quantitative estimate of drug-likeness (QED) is 0.194. The van der Waals surface area contributed by atoms with Crippen LogP contribution in [0, 0.1) is 10.1 Å². The van der Waals surface area contributed by atoms with Crippen LogP contribution >= 0.6 is 0 Å². The van der Waals surface area contributed by atoms with Gasteiger partial charge in [-0.3, -0.25) is 24.5 Å². The molecule has 2 aromatic carbocycles. The van der Waals surface area contributed by atoms with Gasteiger partial charge in [-0.05, 0) is 19.1 Å². The number of nitro benzene ring substituents is 1. The van der Waals surface area contributed by atoms with Crippen LogP contribution in [0.25, 0.3) is 11.5 Å². The van der Waals surface area contributed by atoms with E-state index in [9.17, 15) is 24.5 Å². The largest absolute Gasteiger partial charge is 0.453 e. The average molecular weight is 466 g/mol. The van der Waals surface area contributed by atoms with Gasteiger partial charge in [-0.25, -0.2) is 0 Å². The van der Waals surface area contributed by atoms with E-state index in [0.717, 1.165) is 0 Å². The first-order valence-electron chi connectivity index (χ1n) is 10.5. The van der Waals surface area contributed by atoms with Crippen molar-refractivity contribution in [2.45, 2.75) is 32.3 Å². The predicted molar refractivity (Wildman–Crippen MR) is 119 cm³/mol. The van der Waals surface area contributed by atoms with Gasteiger partial charge in [-0.15, -0.1) is 10.2 Å². The molecule has 11 nitrogen and oxygen atoms in total. The fourth-order valence-electron chi connectivity index (χ4n) is 2.94. The molecule has 3 aromatic rings. The number of nitro groups is 1. The molecule has 0 unspecified atom stereocenters. The number of amides is 1. The van der Waals surface area contributed by atoms with E-state index in [2.05, 4.69) is 15.5 Å². The lowest BCUT2D eigenvalue weighted by molar-refractivity contribution is -0.384. The van der Waals surface area contributed by atoms with Gasteiger partial charge in [0.2, 0.25) is 11.8 Å². The van der Waals surface area contributed by atoms with E-state index in [0.29, 0.717) is 11.1 Å². The lowest BCUT2D eigenvalue weighted by Crippen LogP contribution is -2.27. The summed E-state index contributed by atoms with van der Waals surface area (Å²) in [6, 6.07) is 14.3. The van der Waals surface area contributed by atoms with Crippen LogP contribution in [0.4, 0.5) is 5.69 Å². The molecule has 1 heterocycles. The smallest absolute Gasteiger partial charge is 0.308 e. The minimum atomic E-state index is -0.828. The molecule has 3 rings (SSSR count). The summed E-state index contributed by atoms with van der Waals surface area (Å²) in [4.78, 5) is 46.2. The molecule has 34 heavy (non-hydrogen) atoms. The van der Waals surface area contributed by atoms with Gasteiger partial charge in [0.15, 0.2) is 11.9 Å². The summed E-state index contributed by atoms with van der Waals surface area (Å²) in [5.41, 5.74) is 0.961. The molecule has 11 heteroatoms. The SMILES string of the molecule is C[C@@H](OC(=O)CCNC(=O)CCC(=O)c1ccccc1)c1nnc(-c2ccc([N+](=O)[O-])cc2)o1. The molecule has 0 aliphatic rings. The van der Waals surface area contributed by atoms with Crippen LogP contribution in [0.1, 0.15) is 48.5 Å². The van der Waals surface area contributed by atoms with Crippen molar-refractivity contribution < 1.29 is 28.5 Å². The number of hydrogen-bond donors (Lipinski definition) is 1. The summed E-state index contributed by atoms with van der Waals surface area (Å²) in [7, 11) is 0. The normalized spacial score (nSPS) is 11.4. The highest BCUT2D eigenvalue weighted by Crippen LogP contribution is 2.24. The number of esters is 1. The van der Waals surface area contributed by atoms with Gasteiger partial charge in [-0.2, -0.15) is 0 Å². The third kappa shape index (κ3) is 6.79. The van der Waals surface area contributed by atoms with E-state index in [-0.39, 0.29) is 55.0 Å². The second-order valence-corrected chi connectivity index (χ2v) is 7.27. The monoisotopic (exact) mass is 466 g/mol. The van der Waals surface area contributed by atoms with Crippen molar-refractivity contribution in [3.63, 3.8) is 0 Å². The van der Waals surface area contributed by atoms with Gasteiger partial charge in [0, 0.05) is 42.6 Å². The Hall–Kier alpha value is -4.41. The summed E-state index contributed by atoms with van der Waals surface area (Å²) >= 11 is 0. The Balaban J connectivity index is 1.40. The highest BCUT2D eigenvalue weighted by molar-refractivity contribution is 5.97. The van der Waals surface area contributed by atoms with Crippen molar-refractivity contribution in [3.8, 4) is 11.5 Å². The number of ketones is 1. The van der Waals surface area contributed by atoms with Gasteiger partial charge < -0.3 is 14.5 Å². The van der Waals surface area contributed by atoms with Gasteiger partial charge in [0.1, 0.15) is 0 Å². The minimum absolute atomic E-state index is 0.0204. The van der Waals surface area contributed by atoms with E-state index in [1.165, 1.54) is 24.3 Å². The Bertz CT molecular complexity index is 1160. The molecule has 0 radical (unpaired) electrons. The molecule has 0 aliphatic heterocycles. The molecule has 0 fully saturated rings. The van der Waals surface area contributed by atoms with Crippen LogP contribution in [-0.4, -0.2) is 39.3 Å². The first kappa shape index (κ1) is 24.2. The topological polar surface area (TPSA) is 155 Å². The van der Waals surface area contributed by atoms with Crippen LogP contribution in [0.15, 0.2) is 59.0 Å². The van der Waals surface area contributed by atoms with Gasteiger partial charge in [0.25, 0.3) is 11.6 Å². The Morgan fingerprint density at radius 3 is 2.41 bits per heavy atom. The summed E-state index contributed by atoms with van der Waals surface area (Å²) in [5.74, 6) is -0.857. The maximum Gasteiger partial charge on any atom is 0.308 e. The fraction of sp³-hybridized carbons (Fsp3) is 0.261. The van der Waals surface area contributed by atoms with Crippen LogP contribution < -0.4 is 5.32 Å². The number of nitrogens with one attached hydrogen (secondary N) is 1. The van der Waals surface area contributed by atoms with E-state index < -0.39 is 17.0 Å². The molecule has 0 bridgehead atoms. The third-order valence-electron chi connectivity index (χ3n) is 4.75. The molecule has 0 spiro atoms. The summed E-state index contributed by atoms with van der Waals surface area (Å²) < 4.78 is 10.7. The number of benzene rings is 2. The zero-order chi connectivity index (χ0) is 24.5. The molecule has 1 amide bonds. The highest BCUT2D eigenvalue weighted by Gasteiger charge is 2.19. The first-order chi connectivity index (χ1) is 16.3. The number of non-ortho nitro benzene ring substituents is 1. The van der Waals surface area contributed by atoms with Crippen molar-refractivity contribution in [1.82, 2.24) is 15.5 Å². The molecule has 1 N–H and O–H groups in total. The Morgan fingerprint density at radius 2 is 1.74 bits per heavy atom. The van der Waals surface area contributed by atoms with E-state index in [4.69, 9.17) is 9.15 Å². The van der Waals surface area contributed by atoms with E-state index in [1.54, 1.807) is 37.3 Å². The second kappa shape index (κ2) is 11.5. The van der Waals surface area contributed by atoms with Crippen molar-refractivity contribution in [2.24, 2.45) is 0 Å². The third-order valence-corrected chi connectivity index (χ3v) is 4.75. The summed E-state index contributed by atoms with van der Waals surface area (Å²) in [6.45, 7) is 1.61. The predicted octanol–water partition coefficient (Wildman–Crippen LogP) is 3.42. The molecule has 1 atom stereocenters. The molecule has 176 valence electrons. The van der Waals surface area contributed by atoms with Crippen LogP contribution in [-0.2, 0) is 14.3 Å². The minimum Gasteiger partial charge on any atom is -0.453 e. The molecule has 0 saturated carbocycles. The van der Waals surface area contributed by atoms with Crippen LogP contribution in [0.3, 0.4) is 0 Å². The lowest BCUT2D eigenvalue weighted by atomic mass is 10.1. The van der Waals surface area contributed by atoms with Crippen molar-refractivity contribution in [3.05, 3.63) is 76.2 Å². The van der Waals surface area contributed by atoms with Crippen molar-refractivity contribution >= 4 is 23.3 Å². The number of carbonyl (C=O) groups is 3. The Kier molecular flexibility index (Phi) is 8.16. The molecular formula is C23H22N4O7. The molecule has 0 saturated heterocycles. The zero-order valence-electron chi connectivity index (χ0n) is 18.3. The maximum absolute atomic E-state index is 12.1. The standard InChI is InChI=1S/C23H22N4O7/c1-15(22-25-26-23(34-22)17-7-9-18(10-8-17)27(31)32)33-21(30)13-14-24-20(29)12-11-19(28)16-5-3-2-4-6-16/h2-10,15H,11-14H2,1H3,(H,24,29)/t15-/m1/s1. The Labute approximate surface area is 194 Å². The number of rotatable bonds is 11. The number of Topliss-reactive ketones (excluding diaryl/α,β-unsaturated/α-hetero) is 1.